The zero-order valence-corrected chi connectivity index (χ0v) is 13.8. The molecule has 22 heavy (non-hydrogen) atoms. The molecule has 0 aliphatic carbocycles. The largest absolute Gasteiger partial charge is 0.463 e. The predicted octanol–water partition coefficient (Wildman–Crippen LogP) is 5.88. The summed E-state index contributed by atoms with van der Waals surface area (Å²) < 4.78 is 5.38. The van der Waals surface area contributed by atoms with Crippen molar-refractivity contribution < 1.29 is 4.42 Å². The van der Waals surface area contributed by atoms with Crippen LogP contribution in [0.15, 0.2) is 47.1 Å². The van der Waals surface area contributed by atoms with Crippen LogP contribution in [0.2, 0.25) is 0 Å². The summed E-state index contributed by atoms with van der Waals surface area (Å²) >= 11 is 0. The third-order valence-electron chi connectivity index (χ3n) is 4.94. The van der Waals surface area contributed by atoms with Crippen LogP contribution < -0.4 is 0 Å². The quantitative estimate of drug-likeness (QED) is 0.600. The van der Waals surface area contributed by atoms with Gasteiger partial charge in [-0.2, -0.15) is 0 Å². The topological polar surface area (TPSA) is 26.0 Å². The molecular formula is C20H23NO. The van der Waals surface area contributed by atoms with Gasteiger partial charge in [-0.3, -0.25) is 0 Å². The zero-order chi connectivity index (χ0) is 15.7. The van der Waals surface area contributed by atoms with E-state index in [1.54, 1.807) is 6.26 Å². The van der Waals surface area contributed by atoms with E-state index >= 15 is 0 Å². The van der Waals surface area contributed by atoms with Crippen LogP contribution >= 0.6 is 0 Å². The minimum atomic E-state index is 0.223. The Labute approximate surface area is 132 Å². The Hall–Kier alpha value is -2.09. The van der Waals surface area contributed by atoms with Gasteiger partial charge in [0.05, 0.1) is 12.0 Å². The second kappa shape index (κ2) is 5.60. The number of hydrogen-bond donors (Lipinski definition) is 0. The Kier molecular flexibility index (Phi) is 3.78. The molecule has 0 saturated heterocycles. The van der Waals surface area contributed by atoms with E-state index < -0.39 is 0 Å². The number of fused-ring (bicyclic) bond motifs is 1. The summed E-state index contributed by atoms with van der Waals surface area (Å²) in [6.45, 7) is 9.04. The zero-order valence-electron chi connectivity index (χ0n) is 13.8. The summed E-state index contributed by atoms with van der Waals surface area (Å²) in [6.07, 6.45) is 3.97. The van der Waals surface area contributed by atoms with Crippen LogP contribution in [-0.4, -0.2) is 4.98 Å². The molecule has 2 heteroatoms. The Morgan fingerprint density at radius 3 is 2.55 bits per heavy atom. The molecule has 0 aliphatic rings. The van der Waals surface area contributed by atoms with Gasteiger partial charge in [0.2, 0.25) is 0 Å². The molecule has 0 unspecified atom stereocenters. The minimum Gasteiger partial charge on any atom is -0.463 e. The van der Waals surface area contributed by atoms with Crippen LogP contribution in [0.3, 0.4) is 0 Å². The van der Waals surface area contributed by atoms with E-state index in [-0.39, 0.29) is 5.41 Å². The first-order valence-electron chi connectivity index (χ1n) is 8.02. The van der Waals surface area contributed by atoms with Crippen LogP contribution in [0.1, 0.15) is 44.7 Å². The molecular weight excluding hydrogens is 270 g/mol. The smallest absolute Gasteiger partial charge is 0.152 e. The monoisotopic (exact) mass is 293 g/mol. The number of nitrogens with zero attached hydrogens (tertiary/aromatic N) is 1. The maximum atomic E-state index is 5.38. The summed E-state index contributed by atoms with van der Waals surface area (Å²) in [6, 6.07) is 12.8. The van der Waals surface area contributed by atoms with Crippen molar-refractivity contribution in [3.63, 3.8) is 0 Å². The van der Waals surface area contributed by atoms with Gasteiger partial charge in [-0.15, -0.1) is 0 Å². The summed E-state index contributed by atoms with van der Waals surface area (Å²) in [5, 5.41) is 0. The van der Waals surface area contributed by atoms with E-state index in [4.69, 9.17) is 9.40 Å². The fraction of sp³-hybridized carbons (Fsp3) is 0.350. The molecule has 3 rings (SSSR count). The predicted molar refractivity (Wildman–Crippen MR) is 92.1 cm³/mol. The molecule has 0 saturated carbocycles. The highest BCUT2D eigenvalue weighted by Gasteiger charge is 2.23. The van der Waals surface area contributed by atoms with E-state index in [0.717, 1.165) is 29.6 Å². The summed E-state index contributed by atoms with van der Waals surface area (Å²) in [4.78, 5) is 4.73. The fourth-order valence-electron chi connectivity index (χ4n) is 2.95. The summed E-state index contributed by atoms with van der Waals surface area (Å²) in [5.74, 6) is 0. The van der Waals surface area contributed by atoms with E-state index in [9.17, 15) is 0 Å². The molecule has 0 radical (unpaired) electrons. The molecule has 3 aromatic rings. The van der Waals surface area contributed by atoms with Crippen LogP contribution in [0.4, 0.5) is 0 Å². The average molecular weight is 293 g/mol. The third kappa shape index (κ3) is 2.54. The normalized spacial score (nSPS) is 12.0. The second-order valence-electron chi connectivity index (χ2n) is 6.36. The van der Waals surface area contributed by atoms with E-state index in [1.165, 1.54) is 16.7 Å². The number of rotatable bonds is 4. The Morgan fingerprint density at radius 2 is 1.82 bits per heavy atom. The molecule has 0 bridgehead atoms. The van der Waals surface area contributed by atoms with Gasteiger partial charge in [0.25, 0.3) is 0 Å². The average Bonchev–Trinajstić information content (AvgIpc) is 3.01. The van der Waals surface area contributed by atoms with Crippen LogP contribution in [0, 0.1) is 6.92 Å². The number of hydrogen-bond acceptors (Lipinski definition) is 2. The molecule has 0 fully saturated rings. The highest BCUT2D eigenvalue weighted by molar-refractivity contribution is 5.76. The molecule has 2 nitrogen and oxygen atoms in total. The first-order chi connectivity index (χ1) is 10.6. The van der Waals surface area contributed by atoms with Crippen LogP contribution in [0.25, 0.3) is 22.4 Å². The van der Waals surface area contributed by atoms with Gasteiger partial charge in [0.15, 0.2) is 5.58 Å². The van der Waals surface area contributed by atoms with Crippen molar-refractivity contribution in [3.05, 3.63) is 53.8 Å². The van der Waals surface area contributed by atoms with Crippen LogP contribution in [-0.2, 0) is 5.41 Å². The Balaban J connectivity index is 2.12. The van der Waals surface area contributed by atoms with Crippen molar-refractivity contribution in [1.82, 2.24) is 4.98 Å². The highest BCUT2D eigenvalue weighted by atomic mass is 16.3. The first kappa shape index (κ1) is 14.8. The van der Waals surface area contributed by atoms with E-state index in [2.05, 4.69) is 45.9 Å². The van der Waals surface area contributed by atoms with Crippen molar-refractivity contribution in [2.75, 3.05) is 0 Å². The maximum absolute atomic E-state index is 5.38. The first-order valence-corrected chi connectivity index (χ1v) is 8.02. The molecule has 1 aromatic carbocycles. The number of benzene rings is 1. The Morgan fingerprint density at radius 1 is 1.05 bits per heavy atom. The molecule has 2 aromatic heterocycles. The van der Waals surface area contributed by atoms with Gasteiger partial charge < -0.3 is 4.42 Å². The third-order valence-corrected chi connectivity index (χ3v) is 4.94. The van der Waals surface area contributed by atoms with Crippen molar-refractivity contribution in [2.45, 2.75) is 46.0 Å². The van der Waals surface area contributed by atoms with Crippen LogP contribution in [0.5, 0.6) is 0 Å². The minimum absolute atomic E-state index is 0.223. The van der Waals surface area contributed by atoms with Gasteiger partial charge in [-0.1, -0.05) is 32.4 Å². The standard InChI is InChI=1S/C20H23NO/c1-5-20(4,6-2)16-12-14(3)11-15(13-16)17-7-8-19-18(21-17)9-10-22-19/h7-13H,5-6H2,1-4H3. The maximum Gasteiger partial charge on any atom is 0.152 e. The number of aryl methyl sites for hydroxylation is 1. The van der Waals surface area contributed by atoms with Crippen molar-refractivity contribution in [1.29, 1.82) is 0 Å². The van der Waals surface area contributed by atoms with Gasteiger partial charge in [0, 0.05) is 11.6 Å². The summed E-state index contributed by atoms with van der Waals surface area (Å²) in [7, 11) is 0. The number of aromatic nitrogens is 1. The van der Waals surface area contributed by atoms with E-state index in [0.29, 0.717) is 0 Å². The Bertz CT molecular complexity index is 796. The van der Waals surface area contributed by atoms with Crippen molar-refractivity contribution in [2.24, 2.45) is 0 Å². The van der Waals surface area contributed by atoms with Gasteiger partial charge in [0.1, 0.15) is 5.52 Å². The lowest BCUT2D eigenvalue weighted by molar-refractivity contribution is 0.439. The highest BCUT2D eigenvalue weighted by Crippen LogP contribution is 2.34. The SMILES string of the molecule is CCC(C)(CC)c1cc(C)cc(-c2ccc3occc3n2)c1. The van der Waals surface area contributed by atoms with Crippen molar-refractivity contribution >= 4 is 11.1 Å². The molecule has 0 aliphatic heterocycles. The lowest BCUT2D eigenvalue weighted by atomic mass is 9.77. The van der Waals surface area contributed by atoms with Gasteiger partial charge in [-0.25, -0.2) is 4.98 Å². The summed E-state index contributed by atoms with van der Waals surface area (Å²) in [5.41, 5.74) is 6.86. The molecule has 0 N–H and O–H groups in total. The molecule has 114 valence electrons. The molecule has 0 spiro atoms. The lowest BCUT2D eigenvalue weighted by Crippen LogP contribution is -2.19. The van der Waals surface area contributed by atoms with Crippen molar-refractivity contribution in [3.8, 4) is 11.3 Å². The number of furan rings is 1. The lowest BCUT2D eigenvalue weighted by Gasteiger charge is -2.28. The second-order valence-corrected chi connectivity index (χ2v) is 6.36. The van der Waals surface area contributed by atoms with Gasteiger partial charge in [-0.05, 0) is 55.0 Å². The van der Waals surface area contributed by atoms with E-state index in [1.807, 2.05) is 18.2 Å². The molecule has 0 amide bonds. The van der Waals surface area contributed by atoms with Gasteiger partial charge >= 0.3 is 0 Å². The molecule has 2 heterocycles. The molecule has 0 atom stereocenters. The fourth-order valence-corrected chi connectivity index (χ4v) is 2.95. The number of pyridine rings is 1.